The first-order chi connectivity index (χ1) is 10.2. The molecule has 0 aliphatic rings. The van der Waals surface area contributed by atoms with Gasteiger partial charge in [0, 0.05) is 13.2 Å². The molecule has 1 aromatic carbocycles. The van der Waals surface area contributed by atoms with Gasteiger partial charge in [0.05, 0.1) is 0 Å². The summed E-state index contributed by atoms with van der Waals surface area (Å²) in [6, 6.07) is 10.8. The van der Waals surface area contributed by atoms with Crippen LogP contribution in [0.25, 0.3) is 0 Å². The van der Waals surface area contributed by atoms with Gasteiger partial charge in [-0.15, -0.1) is 0 Å². The minimum absolute atomic E-state index is 0.665. The fourth-order valence-corrected chi connectivity index (χ4v) is 2.38. The fraction of sp³-hybridized carbons (Fsp3) is 0.684. The lowest BCUT2D eigenvalue weighted by atomic mass is 9.96. The average Bonchev–Trinajstić information content (AvgIpc) is 2.47. The van der Waals surface area contributed by atoms with Gasteiger partial charge >= 0.3 is 0 Å². The quantitative estimate of drug-likeness (QED) is 0.580. The highest BCUT2D eigenvalue weighted by molar-refractivity contribution is 5.15. The number of nitrogens with one attached hydrogen (secondary N) is 1. The van der Waals surface area contributed by atoms with Gasteiger partial charge in [0.25, 0.3) is 0 Å². The van der Waals surface area contributed by atoms with Crippen molar-refractivity contribution in [3.05, 3.63) is 35.9 Å². The van der Waals surface area contributed by atoms with Crippen molar-refractivity contribution >= 4 is 0 Å². The molecule has 0 radical (unpaired) electrons. The molecule has 0 amide bonds. The van der Waals surface area contributed by atoms with Crippen molar-refractivity contribution in [2.24, 2.45) is 11.8 Å². The number of rotatable bonds is 12. The minimum Gasteiger partial charge on any atom is -0.381 e. The zero-order valence-electron chi connectivity index (χ0n) is 14.1. The third-order valence-corrected chi connectivity index (χ3v) is 3.74. The molecule has 1 rings (SSSR count). The molecular weight excluding hydrogens is 258 g/mol. The lowest BCUT2D eigenvalue weighted by Crippen LogP contribution is -2.26. The summed E-state index contributed by atoms with van der Waals surface area (Å²) in [7, 11) is 0. The highest BCUT2D eigenvalue weighted by Gasteiger charge is 2.09. The van der Waals surface area contributed by atoms with Gasteiger partial charge in [-0.25, -0.2) is 0 Å². The van der Waals surface area contributed by atoms with Gasteiger partial charge in [0.15, 0.2) is 0 Å². The first-order valence-corrected chi connectivity index (χ1v) is 8.54. The molecule has 1 atom stereocenters. The van der Waals surface area contributed by atoms with Crippen LogP contribution in [0.15, 0.2) is 30.3 Å². The van der Waals surface area contributed by atoms with E-state index in [0.717, 1.165) is 51.5 Å². The second-order valence-corrected chi connectivity index (χ2v) is 6.34. The van der Waals surface area contributed by atoms with Crippen LogP contribution in [-0.4, -0.2) is 26.3 Å². The zero-order valence-corrected chi connectivity index (χ0v) is 14.1. The molecule has 0 fully saturated rings. The SMILES string of the molecule is CCCNCC(CCOCCC(C)C)Cc1ccccc1. The van der Waals surface area contributed by atoms with E-state index < -0.39 is 0 Å². The Morgan fingerprint density at radius 1 is 1.05 bits per heavy atom. The van der Waals surface area contributed by atoms with Crippen LogP contribution in [0.4, 0.5) is 0 Å². The summed E-state index contributed by atoms with van der Waals surface area (Å²) < 4.78 is 5.79. The van der Waals surface area contributed by atoms with Crippen LogP contribution in [0, 0.1) is 11.8 Å². The van der Waals surface area contributed by atoms with Crippen LogP contribution in [-0.2, 0) is 11.2 Å². The van der Waals surface area contributed by atoms with E-state index in [1.807, 2.05) is 0 Å². The van der Waals surface area contributed by atoms with Crippen molar-refractivity contribution in [2.75, 3.05) is 26.3 Å². The molecule has 2 nitrogen and oxygen atoms in total. The molecule has 0 bridgehead atoms. The Balaban J connectivity index is 2.30. The van der Waals surface area contributed by atoms with Gasteiger partial charge in [-0.2, -0.15) is 0 Å². The van der Waals surface area contributed by atoms with E-state index in [2.05, 4.69) is 56.4 Å². The number of hydrogen-bond acceptors (Lipinski definition) is 2. The maximum Gasteiger partial charge on any atom is 0.0469 e. The van der Waals surface area contributed by atoms with Crippen LogP contribution in [0.3, 0.4) is 0 Å². The molecule has 0 heterocycles. The molecule has 0 aliphatic heterocycles. The Morgan fingerprint density at radius 2 is 1.76 bits per heavy atom. The maximum atomic E-state index is 5.79. The average molecular weight is 291 g/mol. The van der Waals surface area contributed by atoms with Crippen LogP contribution in [0.1, 0.15) is 45.6 Å². The maximum absolute atomic E-state index is 5.79. The highest BCUT2D eigenvalue weighted by atomic mass is 16.5. The van der Waals surface area contributed by atoms with E-state index in [9.17, 15) is 0 Å². The number of hydrogen-bond donors (Lipinski definition) is 1. The van der Waals surface area contributed by atoms with Crippen LogP contribution >= 0.6 is 0 Å². The third-order valence-electron chi connectivity index (χ3n) is 3.74. The Labute approximate surface area is 131 Å². The largest absolute Gasteiger partial charge is 0.381 e. The van der Waals surface area contributed by atoms with Crippen LogP contribution in [0.2, 0.25) is 0 Å². The number of ether oxygens (including phenoxy) is 1. The van der Waals surface area contributed by atoms with Gasteiger partial charge in [0.2, 0.25) is 0 Å². The molecule has 0 spiro atoms. The Bertz CT molecular complexity index is 337. The van der Waals surface area contributed by atoms with Gasteiger partial charge in [0.1, 0.15) is 0 Å². The van der Waals surface area contributed by atoms with Crippen molar-refractivity contribution in [3.8, 4) is 0 Å². The van der Waals surface area contributed by atoms with E-state index in [-0.39, 0.29) is 0 Å². The van der Waals surface area contributed by atoms with E-state index in [4.69, 9.17) is 4.74 Å². The van der Waals surface area contributed by atoms with Crippen molar-refractivity contribution in [1.82, 2.24) is 5.32 Å². The molecular formula is C19H33NO. The van der Waals surface area contributed by atoms with Gasteiger partial charge in [-0.3, -0.25) is 0 Å². The summed E-state index contributed by atoms with van der Waals surface area (Å²) in [6.45, 7) is 10.7. The first-order valence-electron chi connectivity index (χ1n) is 8.54. The second kappa shape index (κ2) is 11.8. The summed E-state index contributed by atoms with van der Waals surface area (Å²) in [4.78, 5) is 0. The first kappa shape index (κ1) is 18.2. The summed E-state index contributed by atoms with van der Waals surface area (Å²) in [6.07, 6.45) is 4.65. The molecule has 1 N–H and O–H groups in total. The molecule has 21 heavy (non-hydrogen) atoms. The molecule has 1 aromatic rings. The molecule has 0 saturated heterocycles. The molecule has 0 aromatic heterocycles. The highest BCUT2D eigenvalue weighted by Crippen LogP contribution is 2.12. The Morgan fingerprint density at radius 3 is 2.43 bits per heavy atom. The predicted molar refractivity (Wildman–Crippen MR) is 91.7 cm³/mol. The Kier molecular flexibility index (Phi) is 10.2. The summed E-state index contributed by atoms with van der Waals surface area (Å²) in [5, 5.41) is 3.56. The van der Waals surface area contributed by atoms with Crippen molar-refractivity contribution in [1.29, 1.82) is 0 Å². The topological polar surface area (TPSA) is 21.3 Å². The molecule has 0 saturated carbocycles. The predicted octanol–water partition coefficient (Wildman–Crippen LogP) is 4.30. The summed E-state index contributed by atoms with van der Waals surface area (Å²) in [5.41, 5.74) is 1.43. The van der Waals surface area contributed by atoms with E-state index in [1.54, 1.807) is 0 Å². The minimum atomic E-state index is 0.665. The van der Waals surface area contributed by atoms with Crippen LogP contribution in [0.5, 0.6) is 0 Å². The van der Waals surface area contributed by atoms with Crippen molar-refractivity contribution in [3.63, 3.8) is 0 Å². The normalized spacial score (nSPS) is 12.8. The summed E-state index contributed by atoms with van der Waals surface area (Å²) in [5.74, 6) is 1.40. The van der Waals surface area contributed by atoms with E-state index >= 15 is 0 Å². The van der Waals surface area contributed by atoms with Gasteiger partial charge in [-0.05, 0) is 56.2 Å². The lowest BCUT2D eigenvalue weighted by Gasteiger charge is -2.18. The fourth-order valence-electron chi connectivity index (χ4n) is 2.38. The Hall–Kier alpha value is -0.860. The zero-order chi connectivity index (χ0) is 15.3. The molecule has 1 unspecified atom stereocenters. The standard InChI is InChI=1S/C19H33NO/c1-4-12-20-16-19(11-14-21-13-10-17(2)3)15-18-8-6-5-7-9-18/h5-9,17,19-20H,4,10-16H2,1-3H3. The van der Waals surface area contributed by atoms with Crippen LogP contribution < -0.4 is 5.32 Å². The van der Waals surface area contributed by atoms with Crippen molar-refractivity contribution in [2.45, 2.75) is 46.5 Å². The van der Waals surface area contributed by atoms with Gasteiger partial charge in [-0.1, -0.05) is 51.1 Å². The smallest absolute Gasteiger partial charge is 0.0469 e. The van der Waals surface area contributed by atoms with Gasteiger partial charge < -0.3 is 10.1 Å². The molecule has 2 heteroatoms. The monoisotopic (exact) mass is 291 g/mol. The summed E-state index contributed by atoms with van der Waals surface area (Å²) >= 11 is 0. The van der Waals surface area contributed by atoms with E-state index in [1.165, 1.54) is 12.0 Å². The molecule has 0 aliphatic carbocycles. The van der Waals surface area contributed by atoms with E-state index in [0.29, 0.717) is 5.92 Å². The number of benzene rings is 1. The van der Waals surface area contributed by atoms with Crippen molar-refractivity contribution < 1.29 is 4.74 Å². The third kappa shape index (κ3) is 9.65. The molecule has 120 valence electrons. The second-order valence-electron chi connectivity index (χ2n) is 6.34. The lowest BCUT2D eigenvalue weighted by molar-refractivity contribution is 0.110.